The van der Waals surface area contributed by atoms with Crippen LogP contribution in [-0.2, 0) is 24.2 Å². The van der Waals surface area contributed by atoms with E-state index in [0.29, 0.717) is 30.1 Å². The van der Waals surface area contributed by atoms with Gasteiger partial charge in [0.1, 0.15) is 0 Å². The number of nitrogens with one attached hydrogen (secondary N) is 1. The number of rotatable bonds is 10. The fourth-order valence-electron chi connectivity index (χ4n) is 5.95. The Morgan fingerprint density at radius 3 is 2.35 bits per heavy atom. The molecule has 1 aliphatic carbocycles. The van der Waals surface area contributed by atoms with Gasteiger partial charge in [-0.15, -0.1) is 0 Å². The largest absolute Gasteiger partial charge is 0.419 e. The molecule has 1 aliphatic heterocycles. The van der Waals surface area contributed by atoms with Gasteiger partial charge in [-0.2, -0.15) is 4.98 Å². The summed E-state index contributed by atoms with van der Waals surface area (Å²) in [6.45, 7) is 16.8. The molecule has 40 heavy (non-hydrogen) atoms. The number of carbonyl (C=O) groups excluding carboxylic acids is 1. The van der Waals surface area contributed by atoms with Crippen LogP contribution in [0.4, 0.5) is 0 Å². The van der Waals surface area contributed by atoms with Crippen molar-refractivity contribution in [3.05, 3.63) is 50.6 Å². The Bertz CT molecular complexity index is 1340. The van der Waals surface area contributed by atoms with Crippen molar-refractivity contribution in [2.75, 3.05) is 6.54 Å². The van der Waals surface area contributed by atoms with Crippen molar-refractivity contribution < 1.29 is 9.53 Å². The Balaban J connectivity index is 1.88. The molecule has 0 bridgehead atoms. The maximum absolute atomic E-state index is 14.1. The molecule has 0 saturated heterocycles. The van der Waals surface area contributed by atoms with Gasteiger partial charge in [0.15, 0.2) is 5.78 Å². The molecule has 2 aromatic heterocycles. The maximum Gasteiger partial charge on any atom is 0.230 e. The van der Waals surface area contributed by atoms with Gasteiger partial charge in [0.05, 0.1) is 11.3 Å². The highest BCUT2D eigenvalue weighted by Gasteiger charge is 2.32. The maximum atomic E-state index is 14.1. The molecule has 8 heteroatoms. The Morgan fingerprint density at radius 1 is 1.02 bits per heavy atom. The minimum atomic E-state index is -0.0195. The van der Waals surface area contributed by atoms with E-state index >= 15 is 0 Å². The molecule has 4 rings (SSSR count). The number of halogens is 1. The van der Waals surface area contributed by atoms with Gasteiger partial charge in [0.2, 0.25) is 17.0 Å². The van der Waals surface area contributed by atoms with E-state index in [1.165, 1.54) is 16.7 Å². The van der Waals surface area contributed by atoms with Crippen LogP contribution >= 0.6 is 20.8 Å². The fraction of sp³-hybridized carbons (Fsp3) is 0.562. The van der Waals surface area contributed by atoms with Gasteiger partial charge in [-0.25, -0.2) is 9.97 Å². The first-order chi connectivity index (χ1) is 19.1. The SMILES string of the molecule is CCC(C)C(=O)C(C1=C(C)c2c(cnc(Oc3nc(Cl)nc4c3CNCC4)c2P)CC1)=C(C(C)CC)C(C)CC. The number of nitrogens with zero attached hydrogens (tertiary/aromatic N) is 3. The quantitative estimate of drug-likeness (QED) is 0.181. The summed E-state index contributed by atoms with van der Waals surface area (Å²) in [5.41, 5.74) is 8.73. The normalized spacial score (nSPS) is 17.0. The molecule has 2 aromatic rings. The minimum Gasteiger partial charge on any atom is -0.419 e. The second-order valence-electron chi connectivity index (χ2n) is 11.4. The first-order valence-electron chi connectivity index (χ1n) is 14.8. The zero-order valence-corrected chi connectivity index (χ0v) is 27.0. The highest BCUT2D eigenvalue weighted by molar-refractivity contribution is 7.28. The molecule has 3 heterocycles. The molecule has 4 atom stereocenters. The van der Waals surface area contributed by atoms with Gasteiger partial charge < -0.3 is 10.1 Å². The lowest BCUT2D eigenvalue weighted by molar-refractivity contribution is -0.118. The van der Waals surface area contributed by atoms with E-state index in [1.807, 2.05) is 6.20 Å². The van der Waals surface area contributed by atoms with Gasteiger partial charge in [-0.3, -0.25) is 4.79 Å². The number of fused-ring (bicyclic) bond motifs is 2. The number of allylic oxidation sites excluding steroid dienone is 4. The van der Waals surface area contributed by atoms with E-state index in [9.17, 15) is 4.79 Å². The first kappa shape index (κ1) is 30.8. The Hall–Kier alpha value is -2.14. The number of hydrogen-bond acceptors (Lipinski definition) is 6. The van der Waals surface area contributed by atoms with E-state index in [4.69, 9.17) is 21.3 Å². The predicted molar refractivity (Wildman–Crippen MR) is 167 cm³/mol. The molecular formula is C32H44ClN4O2P. The molecule has 1 N–H and O–H groups in total. The Labute approximate surface area is 247 Å². The highest BCUT2D eigenvalue weighted by atomic mass is 35.5. The van der Waals surface area contributed by atoms with Gasteiger partial charge in [-0.05, 0) is 84.7 Å². The number of pyridine rings is 1. The smallest absolute Gasteiger partial charge is 0.230 e. The molecular weight excluding hydrogens is 539 g/mol. The fourth-order valence-corrected chi connectivity index (χ4v) is 6.66. The zero-order chi connectivity index (χ0) is 29.1. The summed E-state index contributed by atoms with van der Waals surface area (Å²) in [4.78, 5) is 27.6. The molecule has 6 nitrogen and oxygen atoms in total. The minimum absolute atomic E-state index is 0.0195. The lowest BCUT2D eigenvalue weighted by Gasteiger charge is -2.31. The molecule has 216 valence electrons. The lowest BCUT2D eigenvalue weighted by atomic mass is 9.73. The molecule has 4 unspecified atom stereocenters. The van der Waals surface area contributed by atoms with Crippen molar-refractivity contribution in [3.63, 3.8) is 0 Å². The van der Waals surface area contributed by atoms with Crippen LogP contribution in [0.3, 0.4) is 0 Å². The summed E-state index contributed by atoms with van der Waals surface area (Å²) in [5.74, 6) is 1.87. The van der Waals surface area contributed by atoms with Crippen LogP contribution in [0.25, 0.3) is 5.57 Å². The first-order valence-corrected chi connectivity index (χ1v) is 15.8. The molecule has 0 aromatic carbocycles. The third kappa shape index (κ3) is 6.05. The van der Waals surface area contributed by atoms with Crippen LogP contribution in [-0.4, -0.2) is 27.3 Å². The monoisotopic (exact) mass is 582 g/mol. The van der Waals surface area contributed by atoms with Crippen LogP contribution in [0.2, 0.25) is 5.28 Å². The molecule has 2 aliphatic rings. The van der Waals surface area contributed by atoms with Gasteiger partial charge in [0, 0.05) is 42.5 Å². The van der Waals surface area contributed by atoms with E-state index < -0.39 is 0 Å². The third-order valence-electron chi connectivity index (χ3n) is 8.88. The van der Waals surface area contributed by atoms with Crippen molar-refractivity contribution in [1.29, 1.82) is 0 Å². The van der Waals surface area contributed by atoms with Gasteiger partial charge in [-0.1, -0.05) is 56.4 Å². The molecule has 0 amide bonds. The van der Waals surface area contributed by atoms with Crippen molar-refractivity contribution >= 4 is 37.5 Å². The zero-order valence-electron chi connectivity index (χ0n) is 25.1. The Morgan fingerprint density at radius 2 is 1.70 bits per heavy atom. The molecule has 0 spiro atoms. The highest BCUT2D eigenvalue weighted by Crippen LogP contribution is 2.42. The van der Waals surface area contributed by atoms with E-state index in [2.05, 4.69) is 73.0 Å². The summed E-state index contributed by atoms with van der Waals surface area (Å²) >= 11 is 6.26. The Kier molecular flexibility index (Phi) is 10.2. The lowest BCUT2D eigenvalue weighted by Crippen LogP contribution is -2.26. The molecule has 0 fully saturated rings. The van der Waals surface area contributed by atoms with Crippen LogP contribution in [0, 0.1) is 17.8 Å². The van der Waals surface area contributed by atoms with Crippen LogP contribution in [0.5, 0.6) is 11.8 Å². The topological polar surface area (TPSA) is 77.0 Å². The van der Waals surface area contributed by atoms with Crippen molar-refractivity contribution in [2.45, 2.75) is 93.5 Å². The van der Waals surface area contributed by atoms with Crippen LogP contribution in [0.15, 0.2) is 22.9 Å². The van der Waals surface area contributed by atoms with Crippen molar-refractivity contribution in [1.82, 2.24) is 20.3 Å². The molecule has 0 saturated carbocycles. The summed E-state index contributed by atoms with van der Waals surface area (Å²) in [5, 5.41) is 4.42. The number of ether oxygens (including phenoxy) is 1. The standard InChI is InChI=1S/C32H44ClN4O2P/c1-8-17(4)25(18(5)9-2)27(28(38)19(6)10-3)22-12-11-21-15-35-31(29(40)26(21)20(22)7)39-30-23-16-34-14-13-24(23)36-32(33)37-30/h15,17-19,34H,8-14,16,40H2,1-7H3. The summed E-state index contributed by atoms with van der Waals surface area (Å²) in [6, 6.07) is 0. The van der Waals surface area contributed by atoms with E-state index in [1.54, 1.807) is 0 Å². The number of Topliss-reactive ketones (excluding diaryl/α,β-unsaturated/α-hetero) is 1. The van der Waals surface area contributed by atoms with E-state index in [-0.39, 0.29) is 17.0 Å². The predicted octanol–water partition coefficient (Wildman–Crippen LogP) is 7.19. The number of aromatic nitrogens is 3. The second-order valence-corrected chi connectivity index (χ2v) is 12.3. The summed E-state index contributed by atoms with van der Waals surface area (Å²) in [7, 11) is 2.85. The number of carbonyl (C=O) groups is 1. The van der Waals surface area contributed by atoms with Crippen molar-refractivity contribution in [2.24, 2.45) is 17.8 Å². The van der Waals surface area contributed by atoms with E-state index in [0.717, 1.165) is 78.3 Å². The van der Waals surface area contributed by atoms with Crippen LogP contribution < -0.4 is 15.4 Å². The van der Waals surface area contributed by atoms with Crippen molar-refractivity contribution in [3.8, 4) is 11.8 Å². The second kappa shape index (κ2) is 13.2. The number of hydrogen-bond donors (Lipinski definition) is 1. The van der Waals surface area contributed by atoms with Gasteiger partial charge >= 0.3 is 0 Å². The average Bonchev–Trinajstić information content (AvgIpc) is 2.96. The number of ketones is 1. The molecule has 0 radical (unpaired) electrons. The van der Waals surface area contributed by atoms with Gasteiger partial charge in [0.25, 0.3) is 0 Å². The average molecular weight is 583 g/mol. The van der Waals surface area contributed by atoms with Crippen LogP contribution in [0.1, 0.15) is 96.5 Å². The third-order valence-corrected chi connectivity index (χ3v) is 9.58. The summed E-state index contributed by atoms with van der Waals surface area (Å²) in [6.07, 6.45) is 7.21. The summed E-state index contributed by atoms with van der Waals surface area (Å²) < 4.78 is 6.35. The number of aryl methyl sites for hydroxylation is 1.